The molecule has 8 heteroatoms. The summed E-state index contributed by atoms with van der Waals surface area (Å²) in [6, 6.07) is 7.40. The van der Waals surface area contributed by atoms with Crippen molar-refractivity contribution >= 4 is 23.3 Å². The Kier molecular flexibility index (Phi) is 7.90. The number of nitrogens with one attached hydrogen (secondary N) is 1. The second kappa shape index (κ2) is 10.6. The van der Waals surface area contributed by atoms with Gasteiger partial charge in [-0.15, -0.1) is 11.3 Å². The van der Waals surface area contributed by atoms with Crippen molar-refractivity contribution in [3.63, 3.8) is 0 Å². The van der Waals surface area contributed by atoms with Gasteiger partial charge in [0.2, 0.25) is 5.91 Å². The zero-order valence-corrected chi connectivity index (χ0v) is 19.1. The number of urea groups is 1. The van der Waals surface area contributed by atoms with Crippen LogP contribution in [0.15, 0.2) is 35.7 Å². The minimum absolute atomic E-state index is 0.00312. The molecule has 1 aliphatic heterocycles. The van der Waals surface area contributed by atoms with Gasteiger partial charge in [-0.1, -0.05) is 13.0 Å². The predicted molar refractivity (Wildman–Crippen MR) is 120 cm³/mol. The van der Waals surface area contributed by atoms with Crippen LogP contribution in [0.25, 0.3) is 0 Å². The Morgan fingerprint density at radius 1 is 1.35 bits per heavy atom. The van der Waals surface area contributed by atoms with Crippen LogP contribution in [0.4, 0.5) is 9.18 Å². The van der Waals surface area contributed by atoms with Crippen LogP contribution in [0.2, 0.25) is 0 Å². The van der Waals surface area contributed by atoms with E-state index in [4.69, 9.17) is 4.74 Å². The molecule has 6 nitrogen and oxygen atoms in total. The molecule has 0 saturated carbocycles. The lowest BCUT2D eigenvalue weighted by Crippen LogP contribution is -2.51. The Labute approximate surface area is 187 Å². The fourth-order valence-electron chi connectivity index (χ4n) is 3.67. The average molecular weight is 448 g/mol. The molecule has 3 rings (SSSR count). The van der Waals surface area contributed by atoms with E-state index in [1.165, 1.54) is 17.0 Å². The Morgan fingerprint density at radius 3 is 2.87 bits per heavy atom. The zero-order valence-electron chi connectivity index (χ0n) is 18.3. The molecule has 0 bridgehead atoms. The van der Waals surface area contributed by atoms with Crippen LogP contribution < -0.4 is 10.1 Å². The van der Waals surface area contributed by atoms with Gasteiger partial charge in [0.1, 0.15) is 24.7 Å². The molecule has 168 valence electrons. The van der Waals surface area contributed by atoms with E-state index in [1.807, 2.05) is 32.2 Å². The van der Waals surface area contributed by atoms with E-state index in [1.54, 1.807) is 33.3 Å². The van der Waals surface area contributed by atoms with Crippen LogP contribution in [-0.4, -0.2) is 54.0 Å². The number of rotatable bonds is 8. The van der Waals surface area contributed by atoms with Crippen molar-refractivity contribution in [3.8, 4) is 5.75 Å². The number of hydrogen-bond donors (Lipinski definition) is 1. The molecule has 2 heterocycles. The number of carbonyl (C=O) groups is 2. The van der Waals surface area contributed by atoms with Crippen LogP contribution >= 0.6 is 11.3 Å². The fraction of sp³-hybridized carbons (Fsp3) is 0.478. The maximum atomic E-state index is 13.5. The van der Waals surface area contributed by atoms with Crippen LogP contribution in [0, 0.1) is 5.82 Å². The largest absolute Gasteiger partial charge is 0.491 e. The van der Waals surface area contributed by atoms with Gasteiger partial charge < -0.3 is 19.9 Å². The zero-order chi connectivity index (χ0) is 22.4. The molecule has 0 radical (unpaired) electrons. The molecular formula is C23H30FN3O3S. The Hall–Kier alpha value is -2.61. The summed E-state index contributed by atoms with van der Waals surface area (Å²) in [5.41, 5.74) is 1.06. The maximum absolute atomic E-state index is 13.5. The number of carbonyl (C=O) groups excluding carboxylic acids is 2. The van der Waals surface area contributed by atoms with Crippen molar-refractivity contribution in [1.29, 1.82) is 0 Å². The number of halogens is 1. The van der Waals surface area contributed by atoms with E-state index in [-0.39, 0.29) is 43.0 Å². The number of thiophene rings is 1. The van der Waals surface area contributed by atoms with Crippen molar-refractivity contribution in [2.75, 3.05) is 26.2 Å². The molecule has 3 amide bonds. The summed E-state index contributed by atoms with van der Waals surface area (Å²) in [5, 5.41) is 4.87. The Bertz CT molecular complexity index is 902. The smallest absolute Gasteiger partial charge is 0.318 e. The SMILES string of the molecule is CCCNC(=O)N(CC(=O)N1CCc2sccc2[C@@H]1COc1cccc(F)c1)C(C)C. The molecule has 0 fully saturated rings. The lowest BCUT2D eigenvalue weighted by molar-refractivity contribution is -0.135. The summed E-state index contributed by atoms with van der Waals surface area (Å²) in [6.45, 7) is 7.15. The lowest BCUT2D eigenvalue weighted by Gasteiger charge is -2.37. The molecule has 0 unspecified atom stereocenters. The van der Waals surface area contributed by atoms with Gasteiger partial charge in [0.25, 0.3) is 0 Å². The molecule has 1 aromatic heterocycles. The summed E-state index contributed by atoms with van der Waals surface area (Å²) in [5.74, 6) is -0.0569. The Morgan fingerprint density at radius 2 is 2.16 bits per heavy atom. The number of fused-ring (bicyclic) bond motifs is 1. The van der Waals surface area contributed by atoms with E-state index in [0.29, 0.717) is 18.8 Å². The van der Waals surface area contributed by atoms with E-state index in [2.05, 4.69) is 5.32 Å². The first-order chi connectivity index (χ1) is 14.9. The minimum atomic E-state index is -0.365. The lowest BCUT2D eigenvalue weighted by atomic mass is 10.0. The van der Waals surface area contributed by atoms with Crippen LogP contribution in [-0.2, 0) is 11.2 Å². The molecule has 1 N–H and O–H groups in total. The Balaban J connectivity index is 1.75. The molecule has 0 aliphatic carbocycles. The van der Waals surface area contributed by atoms with Crippen molar-refractivity contribution in [1.82, 2.24) is 15.1 Å². The topological polar surface area (TPSA) is 61.9 Å². The molecule has 31 heavy (non-hydrogen) atoms. The number of hydrogen-bond acceptors (Lipinski definition) is 4. The highest BCUT2D eigenvalue weighted by atomic mass is 32.1. The number of nitrogens with zero attached hydrogens (tertiary/aromatic N) is 2. The first-order valence-electron chi connectivity index (χ1n) is 10.7. The van der Waals surface area contributed by atoms with Crippen molar-refractivity contribution < 1.29 is 18.7 Å². The molecule has 0 saturated heterocycles. The maximum Gasteiger partial charge on any atom is 0.318 e. The second-order valence-electron chi connectivity index (χ2n) is 7.87. The van der Waals surface area contributed by atoms with E-state index < -0.39 is 0 Å². The van der Waals surface area contributed by atoms with Gasteiger partial charge in [0, 0.05) is 30.1 Å². The molecule has 1 atom stereocenters. The van der Waals surface area contributed by atoms with Crippen LogP contribution in [0.5, 0.6) is 5.75 Å². The standard InChI is InChI=1S/C23H30FN3O3S/c1-4-10-25-23(29)27(16(2)3)14-22(28)26-11-8-21-19(9-12-31-21)20(26)15-30-18-7-5-6-17(24)13-18/h5-7,9,12-13,16,20H,4,8,10-11,14-15H2,1-3H3,(H,25,29)/t20-/m0/s1. The van der Waals surface area contributed by atoms with Gasteiger partial charge in [-0.2, -0.15) is 0 Å². The minimum Gasteiger partial charge on any atom is -0.491 e. The van der Waals surface area contributed by atoms with Gasteiger partial charge in [-0.25, -0.2) is 9.18 Å². The first kappa shape index (κ1) is 23.1. The molecule has 1 aliphatic rings. The van der Waals surface area contributed by atoms with Gasteiger partial charge in [0.15, 0.2) is 0 Å². The first-order valence-corrected chi connectivity index (χ1v) is 11.6. The normalized spacial score (nSPS) is 15.5. The summed E-state index contributed by atoms with van der Waals surface area (Å²) in [4.78, 5) is 30.4. The summed E-state index contributed by atoms with van der Waals surface area (Å²) in [6.07, 6.45) is 1.61. The predicted octanol–water partition coefficient (Wildman–Crippen LogP) is 4.22. The second-order valence-corrected chi connectivity index (χ2v) is 8.87. The van der Waals surface area contributed by atoms with Crippen molar-refractivity contribution in [3.05, 3.63) is 52.0 Å². The van der Waals surface area contributed by atoms with Crippen molar-refractivity contribution in [2.24, 2.45) is 0 Å². The monoisotopic (exact) mass is 447 g/mol. The molecule has 0 spiro atoms. The van der Waals surface area contributed by atoms with E-state index >= 15 is 0 Å². The summed E-state index contributed by atoms with van der Waals surface area (Å²) in [7, 11) is 0. The summed E-state index contributed by atoms with van der Waals surface area (Å²) >= 11 is 1.67. The third-order valence-electron chi connectivity index (χ3n) is 5.34. The summed E-state index contributed by atoms with van der Waals surface area (Å²) < 4.78 is 19.4. The highest BCUT2D eigenvalue weighted by Gasteiger charge is 2.34. The highest BCUT2D eigenvalue weighted by molar-refractivity contribution is 7.10. The van der Waals surface area contributed by atoms with E-state index in [0.717, 1.165) is 18.4 Å². The van der Waals surface area contributed by atoms with Gasteiger partial charge in [-0.3, -0.25) is 4.79 Å². The molecule has 1 aromatic carbocycles. The van der Waals surface area contributed by atoms with Gasteiger partial charge >= 0.3 is 6.03 Å². The fourth-order valence-corrected chi connectivity index (χ4v) is 4.59. The van der Waals surface area contributed by atoms with E-state index in [9.17, 15) is 14.0 Å². The number of ether oxygens (including phenoxy) is 1. The van der Waals surface area contributed by atoms with Gasteiger partial charge in [-0.05, 0) is 55.8 Å². The third-order valence-corrected chi connectivity index (χ3v) is 6.33. The van der Waals surface area contributed by atoms with Crippen LogP contribution in [0.1, 0.15) is 43.7 Å². The highest BCUT2D eigenvalue weighted by Crippen LogP contribution is 2.34. The van der Waals surface area contributed by atoms with Gasteiger partial charge in [0.05, 0.1) is 6.04 Å². The molecular weight excluding hydrogens is 417 g/mol. The number of amides is 3. The quantitative estimate of drug-likeness (QED) is 0.659. The average Bonchev–Trinajstić information content (AvgIpc) is 3.22. The molecule has 2 aromatic rings. The number of benzene rings is 1. The van der Waals surface area contributed by atoms with Crippen molar-refractivity contribution in [2.45, 2.75) is 45.7 Å². The van der Waals surface area contributed by atoms with Crippen LogP contribution in [0.3, 0.4) is 0 Å². The third kappa shape index (κ3) is 5.76.